The van der Waals surface area contributed by atoms with Crippen LogP contribution in [0.5, 0.6) is 0 Å². The van der Waals surface area contributed by atoms with Crippen LogP contribution in [-0.4, -0.2) is 23.0 Å². The zero-order valence-corrected chi connectivity index (χ0v) is 12.5. The Labute approximate surface area is 128 Å². The van der Waals surface area contributed by atoms with Crippen LogP contribution in [0.2, 0.25) is 5.02 Å². The van der Waals surface area contributed by atoms with Crippen molar-refractivity contribution >= 4 is 23.3 Å². The second kappa shape index (κ2) is 6.61. The van der Waals surface area contributed by atoms with Gasteiger partial charge in [0.2, 0.25) is 0 Å². The van der Waals surface area contributed by atoms with Gasteiger partial charge in [0.1, 0.15) is 0 Å². The SMILES string of the molecule is CN(Cc1ccccc1Cl)Cc1cccc(N)c1C(=O)O. The topological polar surface area (TPSA) is 66.6 Å². The number of rotatable bonds is 5. The van der Waals surface area contributed by atoms with E-state index in [9.17, 15) is 9.90 Å². The summed E-state index contributed by atoms with van der Waals surface area (Å²) in [5, 5.41) is 9.98. The monoisotopic (exact) mass is 304 g/mol. The van der Waals surface area contributed by atoms with E-state index in [1.54, 1.807) is 18.2 Å². The highest BCUT2D eigenvalue weighted by atomic mass is 35.5. The number of hydrogen-bond acceptors (Lipinski definition) is 3. The van der Waals surface area contributed by atoms with Crippen LogP contribution in [0, 0.1) is 0 Å². The van der Waals surface area contributed by atoms with Gasteiger partial charge in [-0.2, -0.15) is 0 Å². The second-order valence-electron chi connectivity index (χ2n) is 4.95. The average molecular weight is 305 g/mol. The molecule has 2 aromatic rings. The highest BCUT2D eigenvalue weighted by Gasteiger charge is 2.15. The largest absolute Gasteiger partial charge is 0.478 e. The van der Waals surface area contributed by atoms with E-state index in [-0.39, 0.29) is 11.3 Å². The van der Waals surface area contributed by atoms with E-state index in [0.717, 1.165) is 5.56 Å². The third-order valence-electron chi connectivity index (χ3n) is 3.24. The van der Waals surface area contributed by atoms with E-state index in [2.05, 4.69) is 0 Å². The van der Waals surface area contributed by atoms with Crippen molar-refractivity contribution in [3.8, 4) is 0 Å². The van der Waals surface area contributed by atoms with Crippen molar-refractivity contribution in [1.82, 2.24) is 4.90 Å². The molecule has 0 heterocycles. The molecule has 0 aliphatic carbocycles. The lowest BCUT2D eigenvalue weighted by molar-refractivity contribution is 0.0696. The first kappa shape index (κ1) is 15.4. The molecule has 0 aromatic heterocycles. The van der Waals surface area contributed by atoms with Crippen LogP contribution in [0.25, 0.3) is 0 Å². The summed E-state index contributed by atoms with van der Waals surface area (Å²) >= 11 is 6.14. The Morgan fingerprint density at radius 3 is 2.43 bits per heavy atom. The molecular weight excluding hydrogens is 288 g/mol. The summed E-state index contributed by atoms with van der Waals surface area (Å²) in [6.45, 7) is 1.12. The molecule has 0 atom stereocenters. The lowest BCUT2D eigenvalue weighted by atomic mass is 10.0. The number of nitrogen functional groups attached to an aromatic ring is 1. The third-order valence-corrected chi connectivity index (χ3v) is 3.60. The smallest absolute Gasteiger partial charge is 0.338 e. The van der Waals surface area contributed by atoms with Crippen LogP contribution >= 0.6 is 11.6 Å². The van der Waals surface area contributed by atoms with Gasteiger partial charge in [-0.05, 0) is 30.3 Å². The molecule has 0 fully saturated rings. The zero-order chi connectivity index (χ0) is 15.4. The van der Waals surface area contributed by atoms with Crippen molar-refractivity contribution in [1.29, 1.82) is 0 Å². The molecule has 2 rings (SSSR count). The molecule has 0 amide bonds. The molecule has 3 N–H and O–H groups in total. The Kier molecular flexibility index (Phi) is 4.83. The maximum Gasteiger partial charge on any atom is 0.338 e. The highest BCUT2D eigenvalue weighted by molar-refractivity contribution is 6.31. The number of carbonyl (C=O) groups is 1. The van der Waals surface area contributed by atoms with E-state index < -0.39 is 5.97 Å². The van der Waals surface area contributed by atoms with Gasteiger partial charge in [-0.3, -0.25) is 4.90 Å². The molecule has 0 saturated heterocycles. The molecule has 21 heavy (non-hydrogen) atoms. The molecule has 2 aromatic carbocycles. The molecule has 0 radical (unpaired) electrons. The summed E-state index contributed by atoms with van der Waals surface area (Å²) in [5.41, 5.74) is 7.90. The van der Waals surface area contributed by atoms with Gasteiger partial charge in [0.25, 0.3) is 0 Å². The summed E-state index contributed by atoms with van der Waals surface area (Å²) < 4.78 is 0. The first-order valence-electron chi connectivity index (χ1n) is 6.51. The Balaban J connectivity index is 2.17. The predicted octanol–water partition coefficient (Wildman–Crippen LogP) is 3.25. The van der Waals surface area contributed by atoms with E-state index in [1.165, 1.54) is 0 Å². The number of anilines is 1. The van der Waals surface area contributed by atoms with Crippen molar-refractivity contribution < 1.29 is 9.90 Å². The van der Waals surface area contributed by atoms with Gasteiger partial charge in [0, 0.05) is 23.8 Å². The minimum Gasteiger partial charge on any atom is -0.478 e. The fourth-order valence-corrected chi connectivity index (χ4v) is 2.47. The standard InChI is InChI=1S/C16H17ClN2O2/c1-19(9-11-5-2-3-7-13(11)17)10-12-6-4-8-14(18)15(12)16(20)21/h2-8H,9-10,18H2,1H3,(H,20,21). The Morgan fingerprint density at radius 2 is 1.76 bits per heavy atom. The first-order chi connectivity index (χ1) is 9.99. The molecular formula is C16H17ClN2O2. The summed E-state index contributed by atoms with van der Waals surface area (Å²) in [7, 11) is 1.91. The van der Waals surface area contributed by atoms with Gasteiger partial charge in [0.05, 0.1) is 5.56 Å². The van der Waals surface area contributed by atoms with Crippen LogP contribution in [0.1, 0.15) is 21.5 Å². The van der Waals surface area contributed by atoms with Crippen LogP contribution in [0.15, 0.2) is 42.5 Å². The zero-order valence-electron chi connectivity index (χ0n) is 11.7. The van der Waals surface area contributed by atoms with Gasteiger partial charge in [-0.25, -0.2) is 4.79 Å². The summed E-state index contributed by atoms with van der Waals surface area (Å²) in [4.78, 5) is 13.3. The summed E-state index contributed by atoms with van der Waals surface area (Å²) in [6.07, 6.45) is 0. The molecule has 0 aliphatic rings. The number of carboxylic acids is 1. The minimum absolute atomic E-state index is 0.170. The molecule has 0 unspecified atom stereocenters. The first-order valence-corrected chi connectivity index (χ1v) is 6.89. The highest BCUT2D eigenvalue weighted by Crippen LogP contribution is 2.21. The Morgan fingerprint density at radius 1 is 1.14 bits per heavy atom. The number of aromatic carboxylic acids is 1. The number of carboxylic acid groups (broad SMARTS) is 1. The Hall–Kier alpha value is -2.04. The van der Waals surface area contributed by atoms with Crippen molar-refractivity contribution in [2.75, 3.05) is 12.8 Å². The van der Waals surface area contributed by atoms with Crippen LogP contribution < -0.4 is 5.73 Å². The predicted molar refractivity (Wildman–Crippen MR) is 84.4 cm³/mol. The van der Waals surface area contributed by atoms with Crippen LogP contribution in [0.4, 0.5) is 5.69 Å². The molecule has 0 saturated carbocycles. The third kappa shape index (κ3) is 3.74. The minimum atomic E-state index is -1.01. The maximum atomic E-state index is 11.3. The molecule has 0 aliphatic heterocycles. The molecule has 4 nitrogen and oxygen atoms in total. The van der Waals surface area contributed by atoms with Crippen LogP contribution in [-0.2, 0) is 13.1 Å². The van der Waals surface area contributed by atoms with Gasteiger partial charge in [-0.1, -0.05) is 41.9 Å². The van der Waals surface area contributed by atoms with Crippen molar-refractivity contribution in [2.45, 2.75) is 13.1 Å². The van der Waals surface area contributed by atoms with Gasteiger partial charge >= 0.3 is 5.97 Å². The van der Waals surface area contributed by atoms with Crippen molar-refractivity contribution in [3.05, 3.63) is 64.2 Å². The van der Waals surface area contributed by atoms with Crippen molar-refractivity contribution in [2.24, 2.45) is 0 Å². The maximum absolute atomic E-state index is 11.3. The molecule has 0 bridgehead atoms. The molecule has 5 heteroatoms. The summed E-state index contributed by atoms with van der Waals surface area (Å²) in [5.74, 6) is -1.01. The number of halogens is 1. The number of benzene rings is 2. The number of nitrogens with two attached hydrogens (primary N) is 1. The lowest BCUT2D eigenvalue weighted by Gasteiger charge is -2.19. The van der Waals surface area contributed by atoms with E-state index in [4.69, 9.17) is 17.3 Å². The second-order valence-corrected chi connectivity index (χ2v) is 5.36. The molecule has 0 spiro atoms. The lowest BCUT2D eigenvalue weighted by Crippen LogP contribution is -2.20. The normalized spacial score (nSPS) is 10.8. The quantitative estimate of drug-likeness (QED) is 0.832. The van der Waals surface area contributed by atoms with E-state index >= 15 is 0 Å². The van der Waals surface area contributed by atoms with Crippen LogP contribution in [0.3, 0.4) is 0 Å². The van der Waals surface area contributed by atoms with Gasteiger partial charge in [0.15, 0.2) is 0 Å². The van der Waals surface area contributed by atoms with E-state index in [1.807, 2.05) is 36.2 Å². The number of nitrogens with zero attached hydrogens (tertiary/aromatic N) is 1. The average Bonchev–Trinajstić information content (AvgIpc) is 2.41. The Bertz CT molecular complexity index is 658. The van der Waals surface area contributed by atoms with Crippen molar-refractivity contribution in [3.63, 3.8) is 0 Å². The summed E-state index contributed by atoms with van der Waals surface area (Å²) in [6, 6.07) is 12.7. The van der Waals surface area contributed by atoms with Gasteiger partial charge < -0.3 is 10.8 Å². The van der Waals surface area contributed by atoms with Gasteiger partial charge in [-0.15, -0.1) is 0 Å². The number of hydrogen-bond donors (Lipinski definition) is 2. The van der Waals surface area contributed by atoms with E-state index in [0.29, 0.717) is 23.7 Å². The fourth-order valence-electron chi connectivity index (χ4n) is 2.28. The fraction of sp³-hybridized carbons (Fsp3) is 0.188. The molecule has 110 valence electrons.